The molecule has 0 fully saturated rings. The van der Waals surface area contributed by atoms with E-state index in [0.29, 0.717) is 12.4 Å². The molecule has 2 rings (SSSR count). The molecule has 0 bridgehead atoms. The third-order valence-corrected chi connectivity index (χ3v) is 3.59. The van der Waals surface area contributed by atoms with Crippen LogP contribution in [-0.4, -0.2) is 11.7 Å². The number of hydrogen-bond acceptors (Lipinski definition) is 4. The maximum atomic E-state index is 9.12. The Morgan fingerprint density at radius 1 is 1.24 bits per heavy atom. The number of phenolic OH excluding ortho intramolecular Hbond substituents is 1. The molecule has 0 saturated carbocycles. The molecule has 1 atom stereocenters. The van der Waals surface area contributed by atoms with Gasteiger partial charge in [0.2, 0.25) is 0 Å². The van der Waals surface area contributed by atoms with Crippen LogP contribution in [0, 0.1) is 0 Å². The van der Waals surface area contributed by atoms with Crippen molar-refractivity contribution >= 4 is 22.9 Å². The monoisotopic (exact) mass is 269 g/mol. The van der Waals surface area contributed by atoms with E-state index in [1.165, 1.54) is 11.3 Å². The van der Waals surface area contributed by atoms with Crippen LogP contribution in [0.25, 0.3) is 0 Å². The van der Waals surface area contributed by atoms with Gasteiger partial charge in [0.05, 0.1) is 10.4 Å². The van der Waals surface area contributed by atoms with Gasteiger partial charge in [-0.15, -0.1) is 11.3 Å². The fraction of sp³-hybridized carbons (Fsp3) is 0.167. The van der Waals surface area contributed by atoms with Crippen molar-refractivity contribution in [1.82, 2.24) is 0 Å². The molecule has 0 radical (unpaired) electrons. The van der Waals surface area contributed by atoms with E-state index in [0.717, 1.165) is 9.21 Å². The summed E-state index contributed by atoms with van der Waals surface area (Å²) in [5, 5.41) is 9.12. The van der Waals surface area contributed by atoms with Gasteiger partial charge in [0.15, 0.2) is 0 Å². The molecule has 0 aliphatic rings. The molecular weight excluding hydrogens is 258 g/mol. The number of phenols is 1. The third-order valence-electron chi connectivity index (χ3n) is 2.23. The Kier molecular flexibility index (Phi) is 3.89. The molecule has 0 aliphatic heterocycles. The molecule has 2 aromatic rings. The predicted molar refractivity (Wildman–Crippen MR) is 69.9 cm³/mol. The maximum Gasteiger partial charge on any atom is 0.119 e. The van der Waals surface area contributed by atoms with E-state index in [1.54, 1.807) is 24.3 Å². The number of rotatable bonds is 4. The number of hydrogen-bond donors (Lipinski definition) is 2. The predicted octanol–water partition coefficient (Wildman–Crippen LogP) is 3.19. The van der Waals surface area contributed by atoms with E-state index >= 15 is 0 Å². The van der Waals surface area contributed by atoms with Crippen LogP contribution in [0.5, 0.6) is 11.5 Å². The highest BCUT2D eigenvalue weighted by molar-refractivity contribution is 7.16. The molecule has 1 unspecified atom stereocenters. The van der Waals surface area contributed by atoms with Crippen LogP contribution in [0.15, 0.2) is 36.4 Å². The van der Waals surface area contributed by atoms with Crippen LogP contribution in [0.2, 0.25) is 4.34 Å². The average molecular weight is 270 g/mol. The highest BCUT2D eigenvalue weighted by Crippen LogP contribution is 2.26. The summed E-state index contributed by atoms with van der Waals surface area (Å²) in [5.74, 6) is 0.896. The SMILES string of the molecule is NC(COc1ccc(O)cc1)c1ccc(Cl)s1. The fourth-order valence-electron chi connectivity index (χ4n) is 1.34. The summed E-state index contributed by atoms with van der Waals surface area (Å²) in [7, 11) is 0. The van der Waals surface area contributed by atoms with Gasteiger partial charge in [-0.2, -0.15) is 0 Å². The summed E-state index contributed by atoms with van der Waals surface area (Å²) in [4.78, 5) is 0.994. The van der Waals surface area contributed by atoms with E-state index in [1.807, 2.05) is 12.1 Å². The minimum absolute atomic E-state index is 0.193. The molecule has 3 N–H and O–H groups in total. The van der Waals surface area contributed by atoms with Gasteiger partial charge in [-0.25, -0.2) is 0 Å². The zero-order valence-corrected chi connectivity index (χ0v) is 10.5. The molecule has 0 saturated heterocycles. The summed E-state index contributed by atoms with van der Waals surface area (Å²) in [6.07, 6.45) is 0. The summed E-state index contributed by atoms with van der Waals surface area (Å²) in [6, 6.07) is 10.1. The molecule has 5 heteroatoms. The van der Waals surface area contributed by atoms with E-state index in [2.05, 4.69) is 0 Å². The van der Waals surface area contributed by atoms with Crippen molar-refractivity contribution in [3.8, 4) is 11.5 Å². The van der Waals surface area contributed by atoms with Crippen LogP contribution in [0.4, 0.5) is 0 Å². The van der Waals surface area contributed by atoms with Crippen molar-refractivity contribution in [2.75, 3.05) is 6.61 Å². The Morgan fingerprint density at radius 2 is 1.94 bits per heavy atom. The van der Waals surface area contributed by atoms with Crippen molar-refractivity contribution in [3.05, 3.63) is 45.6 Å². The smallest absolute Gasteiger partial charge is 0.119 e. The first kappa shape index (κ1) is 12.2. The lowest BCUT2D eigenvalue weighted by atomic mass is 10.3. The van der Waals surface area contributed by atoms with Crippen molar-refractivity contribution in [1.29, 1.82) is 0 Å². The molecule has 90 valence electrons. The van der Waals surface area contributed by atoms with Gasteiger partial charge in [-0.05, 0) is 36.4 Å². The van der Waals surface area contributed by atoms with Crippen LogP contribution < -0.4 is 10.5 Å². The van der Waals surface area contributed by atoms with Gasteiger partial charge in [-0.1, -0.05) is 11.6 Å². The summed E-state index contributed by atoms with van der Waals surface area (Å²) in [5.41, 5.74) is 5.96. The third kappa shape index (κ3) is 3.36. The number of halogens is 1. The van der Waals surface area contributed by atoms with Crippen LogP contribution >= 0.6 is 22.9 Å². The number of aromatic hydroxyl groups is 1. The molecule has 0 aliphatic carbocycles. The zero-order valence-electron chi connectivity index (χ0n) is 8.97. The van der Waals surface area contributed by atoms with E-state index < -0.39 is 0 Å². The normalized spacial score (nSPS) is 12.4. The summed E-state index contributed by atoms with van der Waals surface area (Å²) >= 11 is 7.29. The van der Waals surface area contributed by atoms with Crippen LogP contribution in [-0.2, 0) is 0 Å². The minimum Gasteiger partial charge on any atom is -0.508 e. The first-order chi connectivity index (χ1) is 8.15. The van der Waals surface area contributed by atoms with Gasteiger partial charge in [-0.3, -0.25) is 0 Å². The summed E-state index contributed by atoms with van der Waals surface area (Å²) in [6.45, 7) is 0.377. The second-order valence-electron chi connectivity index (χ2n) is 3.55. The number of benzene rings is 1. The quantitative estimate of drug-likeness (QED) is 0.896. The molecule has 1 aromatic carbocycles. The van der Waals surface area contributed by atoms with Crippen molar-refractivity contribution in [2.24, 2.45) is 5.73 Å². The van der Waals surface area contributed by atoms with Crippen molar-refractivity contribution in [2.45, 2.75) is 6.04 Å². The van der Waals surface area contributed by atoms with Gasteiger partial charge < -0.3 is 15.6 Å². The Morgan fingerprint density at radius 3 is 2.53 bits per heavy atom. The second-order valence-corrected chi connectivity index (χ2v) is 5.30. The van der Waals surface area contributed by atoms with Crippen LogP contribution in [0.1, 0.15) is 10.9 Å². The highest BCUT2D eigenvalue weighted by Gasteiger charge is 2.09. The topological polar surface area (TPSA) is 55.5 Å². The Balaban J connectivity index is 1.92. The second kappa shape index (κ2) is 5.40. The first-order valence-electron chi connectivity index (χ1n) is 5.08. The zero-order chi connectivity index (χ0) is 12.3. The molecule has 0 amide bonds. The van der Waals surface area contributed by atoms with Crippen molar-refractivity contribution in [3.63, 3.8) is 0 Å². The first-order valence-corrected chi connectivity index (χ1v) is 6.27. The number of ether oxygens (including phenoxy) is 1. The Bertz CT molecular complexity index is 484. The fourth-order valence-corrected chi connectivity index (χ4v) is 2.39. The molecule has 0 spiro atoms. The van der Waals surface area contributed by atoms with Crippen LogP contribution in [0.3, 0.4) is 0 Å². The van der Waals surface area contributed by atoms with Gasteiger partial charge in [0.1, 0.15) is 18.1 Å². The van der Waals surface area contributed by atoms with Gasteiger partial charge in [0.25, 0.3) is 0 Å². The van der Waals surface area contributed by atoms with E-state index in [4.69, 9.17) is 27.2 Å². The lowest BCUT2D eigenvalue weighted by Gasteiger charge is -2.11. The molecule has 1 aromatic heterocycles. The Hall–Kier alpha value is -1.23. The Labute approximate surface area is 108 Å². The molecular formula is C12H12ClNO2S. The van der Waals surface area contributed by atoms with E-state index in [9.17, 15) is 0 Å². The van der Waals surface area contributed by atoms with Gasteiger partial charge in [0, 0.05) is 4.88 Å². The standard InChI is InChI=1S/C12H12ClNO2S/c13-12-6-5-11(17-12)10(14)7-16-9-3-1-8(15)2-4-9/h1-6,10,15H,7,14H2. The van der Waals surface area contributed by atoms with Crippen molar-refractivity contribution < 1.29 is 9.84 Å². The van der Waals surface area contributed by atoms with Gasteiger partial charge >= 0.3 is 0 Å². The lowest BCUT2D eigenvalue weighted by molar-refractivity contribution is 0.292. The highest BCUT2D eigenvalue weighted by atomic mass is 35.5. The molecule has 17 heavy (non-hydrogen) atoms. The molecule has 3 nitrogen and oxygen atoms in total. The number of nitrogens with two attached hydrogens (primary N) is 1. The minimum atomic E-state index is -0.193. The average Bonchev–Trinajstić information content (AvgIpc) is 2.75. The lowest BCUT2D eigenvalue weighted by Crippen LogP contribution is -2.17. The molecule has 1 heterocycles. The number of thiophene rings is 1. The largest absolute Gasteiger partial charge is 0.508 e. The summed E-state index contributed by atoms with van der Waals surface area (Å²) < 4.78 is 6.24. The maximum absolute atomic E-state index is 9.12. The van der Waals surface area contributed by atoms with E-state index in [-0.39, 0.29) is 11.8 Å².